The number of rotatable bonds is 5. The lowest BCUT2D eigenvalue weighted by Gasteiger charge is -2.16. The Morgan fingerprint density at radius 2 is 2.06 bits per heavy atom. The fraction of sp³-hybridized carbons (Fsp3) is 0.364. The predicted molar refractivity (Wildman–Crippen MR) is 60.7 cm³/mol. The highest BCUT2D eigenvalue weighted by molar-refractivity contribution is 5.75. The van der Waals surface area contributed by atoms with Gasteiger partial charge in [-0.25, -0.2) is 4.79 Å². The lowest BCUT2D eigenvalue weighted by atomic mass is 10.0. The second-order valence-corrected chi connectivity index (χ2v) is 3.46. The van der Waals surface area contributed by atoms with E-state index in [1.54, 1.807) is 6.92 Å². The zero-order valence-corrected chi connectivity index (χ0v) is 9.65. The molecule has 0 aliphatic heterocycles. The Morgan fingerprint density at radius 3 is 2.61 bits per heavy atom. The van der Waals surface area contributed by atoms with Crippen molar-refractivity contribution >= 4 is 11.7 Å². The van der Waals surface area contributed by atoms with Crippen LogP contribution in [0.1, 0.15) is 18.6 Å². The summed E-state index contributed by atoms with van der Waals surface area (Å²) in [5.41, 5.74) is -0.503. The van der Waals surface area contributed by atoms with Gasteiger partial charge in [-0.1, -0.05) is 12.1 Å². The number of nitro benzene ring substituents is 1. The average Bonchev–Trinajstić information content (AvgIpc) is 2.37. The van der Waals surface area contributed by atoms with Crippen LogP contribution in [0.15, 0.2) is 24.3 Å². The largest absolute Gasteiger partial charge is 0.464 e. The summed E-state index contributed by atoms with van der Waals surface area (Å²) in [6.07, 6.45) is -3.56. The Kier molecular flexibility index (Phi) is 4.75. The van der Waals surface area contributed by atoms with Crippen molar-refractivity contribution in [2.75, 3.05) is 6.61 Å². The third-order valence-corrected chi connectivity index (χ3v) is 2.28. The van der Waals surface area contributed by atoms with Gasteiger partial charge in [-0.2, -0.15) is 0 Å². The minimum atomic E-state index is -1.86. The first-order chi connectivity index (χ1) is 8.49. The minimum absolute atomic E-state index is 0.0412. The molecule has 98 valence electrons. The second-order valence-electron chi connectivity index (χ2n) is 3.46. The van der Waals surface area contributed by atoms with Gasteiger partial charge in [0.15, 0.2) is 6.10 Å². The lowest BCUT2D eigenvalue weighted by Crippen LogP contribution is -2.30. The number of nitro groups is 1. The van der Waals surface area contributed by atoms with Crippen LogP contribution >= 0.6 is 0 Å². The molecule has 0 saturated heterocycles. The maximum absolute atomic E-state index is 11.2. The van der Waals surface area contributed by atoms with Gasteiger partial charge in [0.2, 0.25) is 0 Å². The van der Waals surface area contributed by atoms with Crippen LogP contribution in [-0.4, -0.2) is 33.8 Å². The Balaban J connectivity index is 2.99. The first-order valence-corrected chi connectivity index (χ1v) is 5.25. The molecule has 0 spiro atoms. The van der Waals surface area contributed by atoms with E-state index in [4.69, 9.17) is 0 Å². The molecular weight excluding hydrogens is 242 g/mol. The van der Waals surface area contributed by atoms with E-state index >= 15 is 0 Å². The van der Waals surface area contributed by atoms with Gasteiger partial charge in [-0.15, -0.1) is 0 Å². The smallest absolute Gasteiger partial charge is 0.338 e. The predicted octanol–water partition coefficient (Wildman–Crippen LogP) is 0.552. The summed E-state index contributed by atoms with van der Waals surface area (Å²) in [6, 6.07) is 5.33. The van der Waals surface area contributed by atoms with Gasteiger partial charge >= 0.3 is 5.97 Å². The van der Waals surface area contributed by atoms with Crippen molar-refractivity contribution in [3.63, 3.8) is 0 Å². The molecule has 0 aliphatic carbocycles. The number of esters is 1. The van der Waals surface area contributed by atoms with Gasteiger partial charge in [0.1, 0.15) is 6.10 Å². The van der Waals surface area contributed by atoms with Crippen molar-refractivity contribution in [3.8, 4) is 0 Å². The van der Waals surface area contributed by atoms with E-state index in [9.17, 15) is 25.1 Å². The summed E-state index contributed by atoms with van der Waals surface area (Å²) in [6.45, 7) is 1.58. The Morgan fingerprint density at radius 1 is 1.44 bits per heavy atom. The molecule has 0 saturated carbocycles. The molecule has 0 bridgehead atoms. The number of aliphatic hydroxyl groups excluding tert-OH is 2. The standard InChI is InChI=1S/C11H13NO6/c1-2-18-11(15)10(14)9(13)7-5-3-4-6-8(7)12(16)17/h3-6,9-10,13-14H,2H2,1H3/t9-,10+/m0/s1. The van der Waals surface area contributed by atoms with Crippen LogP contribution in [0, 0.1) is 10.1 Å². The van der Waals surface area contributed by atoms with E-state index in [0.717, 1.165) is 0 Å². The molecule has 0 amide bonds. The zero-order valence-electron chi connectivity index (χ0n) is 9.65. The first-order valence-electron chi connectivity index (χ1n) is 5.25. The Bertz CT molecular complexity index is 447. The lowest BCUT2D eigenvalue weighted by molar-refractivity contribution is -0.386. The van der Waals surface area contributed by atoms with Gasteiger partial charge in [0.05, 0.1) is 17.1 Å². The molecule has 0 aromatic heterocycles. The number of para-hydroxylation sites is 1. The number of nitrogens with zero attached hydrogens (tertiary/aromatic N) is 1. The average molecular weight is 255 g/mol. The molecule has 0 radical (unpaired) electrons. The van der Waals surface area contributed by atoms with Gasteiger partial charge in [-0.3, -0.25) is 10.1 Å². The summed E-state index contributed by atoms with van der Waals surface area (Å²) >= 11 is 0. The van der Waals surface area contributed by atoms with E-state index < -0.39 is 23.1 Å². The summed E-state index contributed by atoms with van der Waals surface area (Å²) in [5, 5.41) is 30.0. The molecule has 18 heavy (non-hydrogen) atoms. The molecule has 1 aromatic rings. The molecule has 2 N–H and O–H groups in total. The van der Waals surface area contributed by atoms with Gasteiger partial charge < -0.3 is 14.9 Å². The van der Waals surface area contributed by atoms with Crippen molar-refractivity contribution in [1.82, 2.24) is 0 Å². The molecule has 2 atom stereocenters. The maximum Gasteiger partial charge on any atom is 0.338 e. The number of benzene rings is 1. The van der Waals surface area contributed by atoms with Crippen LogP contribution in [0.2, 0.25) is 0 Å². The van der Waals surface area contributed by atoms with Crippen LogP contribution in [-0.2, 0) is 9.53 Å². The van der Waals surface area contributed by atoms with Crippen molar-refractivity contribution < 1.29 is 24.7 Å². The number of hydrogen-bond acceptors (Lipinski definition) is 6. The van der Waals surface area contributed by atoms with E-state index in [0.29, 0.717) is 0 Å². The summed E-state index contributed by atoms with van der Waals surface area (Å²) in [7, 11) is 0. The quantitative estimate of drug-likeness (QED) is 0.451. The minimum Gasteiger partial charge on any atom is -0.464 e. The zero-order chi connectivity index (χ0) is 13.7. The van der Waals surface area contributed by atoms with E-state index in [2.05, 4.69) is 4.74 Å². The van der Waals surface area contributed by atoms with Crippen LogP contribution < -0.4 is 0 Å². The normalized spacial score (nSPS) is 13.7. The third-order valence-electron chi connectivity index (χ3n) is 2.28. The number of hydrogen-bond donors (Lipinski definition) is 2. The van der Waals surface area contributed by atoms with Crippen molar-refractivity contribution in [2.45, 2.75) is 19.1 Å². The molecule has 1 rings (SSSR count). The Labute approximate surface area is 103 Å². The highest BCUT2D eigenvalue weighted by Gasteiger charge is 2.31. The first kappa shape index (κ1) is 14.1. The topological polar surface area (TPSA) is 110 Å². The molecule has 7 nitrogen and oxygen atoms in total. The van der Waals surface area contributed by atoms with E-state index in [1.165, 1.54) is 24.3 Å². The molecular formula is C11H13NO6. The van der Waals surface area contributed by atoms with Crippen LogP contribution in [0.4, 0.5) is 5.69 Å². The molecule has 1 aromatic carbocycles. The summed E-state index contributed by atoms with van der Waals surface area (Å²) in [4.78, 5) is 21.3. The molecule has 0 fully saturated rings. The number of carbonyl (C=O) groups is 1. The van der Waals surface area contributed by atoms with Gasteiger partial charge in [0.25, 0.3) is 5.69 Å². The van der Waals surface area contributed by atoms with Crippen LogP contribution in [0.5, 0.6) is 0 Å². The number of aliphatic hydroxyl groups is 2. The van der Waals surface area contributed by atoms with Crippen molar-refractivity contribution in [1.29, 1.82) is 0 Å². The highest BCUT2D eigenvalue weighted by atomic mass is 16.6. The molecule has 0 heterocycles. The van der Waals surface area contributed by atoms with Crippen molar-refractivity contribution in [3.05, 3.63) is 39.9 Å². The molecule has 0 aliphatic rings. The Hall–Kier alpha value is -1.99. The highest BCUT2D eigenvalue weighted by Crippen LogP contribution is 2.27. The van der Waals surface area contributed by atoms with E-state index in [1.807, 2.05) is 0 Å². The van der Waals surface area contributed by atoms with Gasteiger partial charge in [0, 0.05) is 6.07 Å². The van der Waals surface area contributed by atoms with Crippen molar-refractivity contribution in [2.24, 2.45) is 0 Å². The molecule has 7 heteroatoms. The fourth-order valence-electron chi connectivity index (χ4n) is 1.43. The third kappa shape index (κ3) is 3.02. The SMILES string of the molecule is CCOC(=O)[C@H](O)[C@@H](O)c1ccccc1[N+](=O)[O-]. The second kappa shape index (κ2) is 6.08. The van der Waals surface area contributed by atoms with E-state index in [-0.39, 0.29) is 17.9 Å². The van der Waals surface area contributed by atoms with Crippen LogP contribution in [0.3, 0.4) is 0 Å². The number of carbonyl (C=O) groups excluding carboxylic acids is 1. The molecule has 0 unspecified atom stereocenters. The summed E-state index contributed by atoms with van der Waals surface area (Å²) in [5.74, 6) is -1.02. The number of ether oxygens (including phenoxy) is 1. The van der Waals surface area contributed by atoms with Crippen LogP contribution in [0.25, 0.3) is 0 Å². The maximum atomic E-state index is 11.2. The van der Waals surface area contributed by atoms with Gasteiger partial charge in [-0.05, 0) is 13.0 Å². The fourth-order valence-corrected chi connectivity index (χ4v) is 1.43. The monoisotopic (exact) mass is 255 g/mol. The summed E-state index contributed by atoms with van der Waals surface area (Å²) < 4.78 is 4.53.